The third-order valence-electron chi connectivity index (χ3n) is 2.23. The van der Waals surface area contributed by atoms with E-state index in [9.17, 15) is 0 Å². The Kier molecular flexibility index (Phi) is 3.95. The highest BCUT2D eigenvalue weighted by atomic mass is 32.2. The Morgan fingerprint density at radius 2 is 2.29 bits per heavy atom. The number of nitrogens with two attached hydrogens (primary N) is 1. The number of thioether (sulfide) groups is 1. The number of rotatable bonds is 5. The summed E-state index contributed by atoms with van der Waals surface area (Å²) in [5.74, 6) is 2.28. The fraction of sp³-hybridized carbons (Fsp3) is 0.778. The molecule has 0 saturated carbocycles. The fourth-order valence-electron chi connectivity index (χ4n) is 0.936. The maximum absolute atomic E-state index is 5.99. The van der Waals surface area contributed by atoms with Gasteiger partial charge in [-0.2, -0.15) is 16.7 Å². The maximum atomic E-state index is 5.99. The van der Waals surface area contributed by atoms with Crippen LogP contribution in [0.3, 0.4) is 0 Å². The van der Waals surface area contributed by atoms with Crippen LogP contribution in [0.15, 0.2) is 4.52 Å². The van der Waals surface area contributed by atoms with Crippen LogP contribution in [-0.4, -0.2) is 22.1 Å². The predicted octanol–water partition coefficient (Wildman–Crippen LogP) is 1.56. The third kappa shape index (κ3) is 2.72. The van der Waals surface area contributed by atoms with Crippen LogP contribution in [0.5, 0.6) is 0 Å². The van der Waals surface area contributed by atoms with Gasteiger partial charge in [0.15, 0.2) is 5.82 Å². The van der Waals surface area contributed by atoms with Gasteiger partial charge in [0.2, 0.25) is 5.89 Å². The summed E-state index contributed by atoms with van der Waals surface area (Å²) in [6.07, 6.45) is 3.67. The summed E-state index contributed by atoms with van der Waals surface area (Å²) in [7, 11) is 0. The third-order valence-corrected chi connectivity index (χ3v) is 2.85. The molecule has 1 unspecified atom stereocenters. The number of nitrogens with zero attached hydrogens (tertiary/aromatic N) is 2. The Labute approximate surface area is 88.6 Å². The molecular weight excluding hydrogens is 198 g/mol. The first kappa shape index (κ1) is 11.5. The second-order valence-electron chi connectivity index (χ2n) is 3.53. The van der Waals surface area contributed by atoms with Crippen molar-refractivity contribution < 1.29 is 4.52 Å². The Balaban J connectivity index is 2.67. The summed E-state index contributed by atoms with van der Waals surface area (Å²) in [6.45, 7) is 3.92. The lowest BCUT2D eigenvalue weighted by molar-refractivity contribution is 0.354. The van der Waals surface area contributed by atoms with Gasteiger partial charge in [-0.05, 0) is 19.6 Å². The Morgan fingerprint density at radius 3 is 2.86 bits per heavy atom. The molecule has 1 heterocycles. The molecule has 0 bridgehead atoms. The molecule has 80 valence electrons. The second kappa shape index (κ2) is 4.79. The van der Waals surface area contributed by atoms with Crippen molar-refractivity contribution in [3.63, 3.8) is 0 Å². The zero-order valence-corrected chi connectivity index (χ0v) is 9.73. The van der Waals surface area contributed by atoms with E-state index in [4.69, 9.17) is 10.3 Å². The molecular formula is C9H17N3OS. The van der Waals surface area contributed by atoms with Gasteiger partial charge in [0, 0.05) is 12.2 Å². The number of aryl methyl sites for hydroxylation is 1. The van der Waals surface area contributed by atoms with E-state index in [1.807, 2.05) is 13.8 Å². The van der Waals surface area contributed by atoms with Crippen LogP contribution in [0, 0.1) is 0 Å². The summed E-state index contributed by atoms with van der Waals surface area (Å²) in [5, 5.41) is 3.89. The second-order valence-corrected chi connectivity index (χ2v) is 4.51. The molecule has 1 rings (SSSR count). The molecule has 0 fully saturated rings. The molecule has 0 amide bonds. The van der Waals surface area contributed by atoms with Gasteiger partial charge in [0.05, 0.1) is 5.54 Å². The first-order valence-corrected chi connectivity index (χ1v) is 6.10. The molecule has 1 atom stereocenters. The van der Waals surface area contributed by atoms with Gasteiger partial charge in [-0.25, -0.2) is 0 Å². The van der Waals surface area contributed by atoms with Gasteiger partial charge in [0.25, 0.3) is 0 Å². The first-order chi connectivity index (χ1) is 6.60. The SMILES string of the molecule is CCC(C)(N)c1noc(CCSC)n1. The lowest BCUT2D eigenvalue weighted by atomic mass is 10.0. The van der Waals surface area contributed by atoms with Crippen LogP contribution >= 0.6 is 11.8 Å². The summed E-state index contributed by atoms with van der Waals surface area (Å²) < 4.78 is 5.10. The van der Waals surface area contributed by atoms with E-state index in [2.05, 4.69) is 16.4 Å². The minimum absolute atomic E-state index is 0.471. The zero-order valence-electron chi connectivity index (χ0n) is 8.91. The fourth-order valence-corrected chi connectivity index (χ4v) is 1.31. The van der Waals surface area contributed by atoms with Crippen molar-refractivity contribution in [3.05, 3.63) is 11.7 Å². The van der Waals surface area contributed by atoms with Crippen LogP contribution < -0.4 is 5.73 Å². The van der Waals surface area contributed by atoms with Crippen molar-refractivity contribution in [3.8, 4) is 0 Å². The summed E-state index contributed by atoms with van der Waals surface area (Å²) >= 11 is 1.76. The van der Waals surface area contributed by atoms with Gasteiger partial charge in [0.1, 0.15) is 0 Å². The van der Waals surface area contributed by atoms with Crippen molar-refractivity contribution >= 4 is 11.8 Å². The van der Waals surface area contributed by atoms with Crippen molar-refractivity contribution in [2.45, 2.75) is 32.2 Å². The summed E-state index contributed by atoms with van der Waals surface area (Å²) in [5.41, 5.74) is 5.52. The molecule has 0 radical (unpaired) electrons. The highest BCUT2D eigenvalue weighted by Crippen LogP contribution is 2.18. The van der Waals surface area contributed by atoms with Gasteiger partial charge >= 0.3 is 0 Å². The van der Waals surface area contributed by atoms with Crippen LogP contribution in [0.4, 0.5) is 0 Å². The molecule has 4 nitrogen and oxygen atoms in total. The van der Waals surface area contributed by atoms with E-state index in [1.165, 1.54) is 0 Å². The monoisotopic (exact) mass is 215 g/mol. The minimum atomic E-state index is -0.471. The quantitative estimate of drug-likeness (QED) is 0.807. The molecule has 0 aliphatic carbocycles. The lowest BCUT2D eigenvalue weighted by Crippen LogP contribution is -2.33. The van der Waals surface area contributed by atoms with Crippen LogP contribution in [0.25, 0.3) is 0 Å². The van der Waals surface area contributed by atoms with E-state index in [0.29, 0.717) is 11.7 Å². The highest BCUT2D eigenvalue weighted by molar-refractivity contribution is 7.98. The van der Waals surface area contributed by atoms with Crippen molar-refractivity contribution in [1.29, 1.82) is 0 Å². The minimum Gasteiger partial charge on any atom is -0.339 e. The average Bonchev–Trinajstić information content (AvgIpc) is 2.63. The molecule has 1 aromatic rings. The van der Waals surface area contributed by atoms with Gasteiger partial charge in [-0.1, -0.05) is 12.1 Å². The predicted molar refractivity (Wildman–Crippen MR) is 58.2 cm³/mol. The van der Waals surface area contributed by atoms with Crippen molar-refractivity contribution in [1.82, 2.24) is 10.1 Å². The zero-order chi connectivity index (χ0) is 10.6. The van der Waals surface area contributed by atoms with Crippen LogP contribution in [0.1, 0.15) is 32.0 Å². The normalized spacial score (nSPS) is 15.4. The average molecular weight is 215 g/mol. The van der Waals surface area contributed by atoms with Gasteiger partial charge in [-0.3, -0.25) is 0 Å². The van der Waals surface area contributed by atoms with Crippen LogP contribution in [0.2, 0.25) is 0 Å². The Bertz CT molecular complexity index is 285. The topological polar surface area (TPSA) is 64.9 Å². The molecule has 14 heavy (non-hydrogen) atoms. The van der Waals surface area contributed by atoms with E-state index in [1.54, 1.807) is 11.8 Å². The van der Waals surface area contributed by atoms with E-state index >= 15 is 0 Å². The molecule has 0 saturated heterocycles. The summed E-state index contributed by atoms with van der Waals surface area (Å²) in [6, 6.07) is 0. The van der Waals surface area contributed by atoms with E-state index in [0.717, 1.165) is 18.6 Å². The number of hydrogen-bond donors (Lipinski definition) is 1. The van der Waals surface area contributed by atoms with E-state index in [-0.39, 0.29) is 0 Å². The lowest BCUT2D eigenvalue weighted by Gasteiger charge is -2.16. The smallest absolute Gasteiger partial charge is 0.227 e. The molecule has 5 heteroatoms. The molecule has 0 spiro atoms. The van der Waals surface area contributed by atoms with Gasteiger partial charge in [-0.15, -0.1) is 0 Å². The molecule has 0 aliphatic heterocycles. The highest BCUT2D eigenvalue weighted by Gasteiger charge is 2.24. The molecule has 1 aromatic heterocycles. The van der Waals surface area contributed by atoms with Crippen molar-refractivity contribution in [2.75, 3.05) is 12.0 Å². The summed E-state index contributed by atoms with van der Waals surface area (Å²) in [4.78, 5) is 4.27. The Morgan fingerprint density at radius 1 is 1.57 bits per heavy atom. The molecule has 2 N–H and O–H groups in total. The largest absolute Gasteiger partial charge is 0.339 e. The first-order valence-electron chi connectivity index (χ1n) is 4.71. The molecule has 0 aliphatic rings. The number of aromatic nitrogens is 2. The van der Waals surface area contributed by atoms with Crippen LogP contribution in [-0.2, 0) is 12.0 Å². The maximum Gasteiger partial charge on any atom is 0.227 e. The van der Waals surface area contributed by atoms with E-state index < -0.39 is 5.54 Å². The molecule has 0 aromatic carbocycles. The number of hydrogen-bond acceptors (Lipinski definition) is 5. The van der Waals surface area contributed by atoms with Gasteiger partial charge < -0.3 is 10.3 Å². The standard InChI is InChI=1S/C9H17N3OS/c1-4-9(2,10)8-11-7(13-12-8)5-6-14-3/h4-6,10H2,1-3H3. The Hall–Kier alpha value is -0.550. The van der Waals surface area contributed by atoms with Crippen molar-refractivity contribution in [2.24, 2.45) is 5.73 Å².